The molecule has 8 nitrogen and oxygen atoms in total. The van der Waals surface area contributed by atoms with Crippen LogP contribution in [0.1, 0.15) is 26.3 Å². The maximum absolute atomic E-state index is 13.4. The zero-order valence-corrected chi connectivity index (χ0v) is 17.8. The van der Waals surface area contributed by atoms with E-state index >= 15 is 0 Å². The molecule has 0 aliphatic rings. The van der Waals surface area contributed by atoms with Crippen molar-refractivity contribution in [3.8, 4) is 0 Å². The van der Waals surface area contributed by atoms with Crippen LogP contribution in [0.3, 0.4) is 0 Å². The topological polar surface area (TPSA) is 113 Å². The lowest BCUT2D eigenvalue weighted by Crippen LogP contribution is -2.58. The first kappa shape index (κ1) is 24.3. The number of carbonyl (C=O) groups is 4. The largest absolute Gasteiger partial charge is 0.348 e. The molecule has 3 amide bonds. The first-order valence-electron chi connectivity index (χ1n) is 9.66. The number of amides is 3. The van der Waals surface area contributed by atoms with Crippen molar-refractivity contribution < 1.29 is 19.2 Å². The van der Waals surface area contributed by atoms with E-state index in [1.54, 1.807) is 14.0 Å². The number of aldehydes is 1. The first-order valence-corrected chi connectivity index (χ1v) is 9.66. The minimum atomic E-state index is -0.818. The van der Waals surface area contributed by atoms with Gasteiger partial charge < -0.3 is 25.6 Å². The highest BCUT2D eigenvalue weighted by molar-refractivity contribution is 5.93. The summed E-state index contributed by atoms with van der Waals surface area (Å²) in [4.78, 5) is 51.7. The summed E-state index contributed by atoms with van der Waals surface area (Å²) in [5.41, 5.74) is 6.63. The Bertz CT molecular complexity index is 706. The van der Waals surface area contributed by atoms with Gasteiger partial charge in [0.1, 0.15) is 18.4 Å². The summed E-state index contributed by atoms with van der Waals surface area (Å²) in [6, 6.07) is 6.99. The summed E-state index contributed by atoms with van der Waals surface area (Å²) in [7, 11) is 3.08. The average Bonchev–Trinajstić information content (AvgIpc) is 2.69. The monoisotopic (exact) mass is 404 g/mol. The van der Waals surface area contributed by atoms with Crippen molar-refractivity contribution in [1.82, 2.24) is 15.1 Å². The number of nitrogens with two attached hydrogens (primary N) is 1. The molecule has 0 saturated heterocycles. The van der Waals surface area contributed by atoms with E-state index in [2.05, 4.69) is 5.32 Å². The zero-order valence-electron chi connectivity index (χ0n) is 17.8. The van der Waals surface area contributed by atoms with Gasteiger partial charge >= 0.3 is 0 Å². The molecule has 1 aromatic rings. The summed E-state index contributed by atoms with van der Waals surface area (Å²) >= 11 is 0. The third-order valence-electron chi connectivity index (χ3n) is 4.79. The van der Waals surface area contributed by atoms with Crippen LogP contribution in [0.2, 0.25) is 0 Å². The summed E-state index contributed by atoms with van der Waals surface area (Å²) in [6.45, 7) is 5.08. The number of hydrogen-bond acceptors (Lipinski definition) is 5. The Kier molecular flexibility index (Phi) is 9.47. The fraction of sp³-hybridized carbons (Fsp3) is 0.524. The summed E-state index contributed by atoms with van der Waals surface area (Å²) < 4.78 is 0. The van der Waals surface area contributed by atoms with Gasteiger partial charge in [0.2, 0.25) is 17.7 Å². The number of benzene rings is 1. The molecule has 0 heterocycles. The molecule has 0 unspecified atom stereocenters. The lowest BCUT2D eigenvalue weighted by atomic mass is 9.98. The third-order valence-corrected chi connectivity index (χ3v) is 4.79. The standard InChI is InChI=1S/C21H32N4O4/c1-14(2)18(19(27)23-11-12-26)25(5)21(29)17(24(4)20(28)15(3)22)13-16-9-7-6-8-10-16/h6-10,12,14-15,17-18H,11,13,22H2,1-5H3,(H,23,27)/t15-,17-,18-/m0/s1. The SMILES string of the molecule is CC(C)[C@@H](C(=O)NCC=O)N(C)C(=O)[C@H](Cc1ccccc1)N(C)C(=O)[C@H](C)N. The number of nitrogens with one attached hydrogen (secondary N) is 1. The Balaban J connectivity index is 3.20. The second-order valence-corrected chi connectivity index (χ2v) is 7.49. The molecule has 0 aliphatic heterocycles. The van der Waals surface area contributed by atoms with Gasteiger partial charge in [-0.2, -0.15) is 0 Å². The Morgan fingerprint density at radius 1 is 1.03 bits per heavy atom. The quantitative estimate of drug-likeness (QED) is 0.541. The molecule has 0 spiro atoms. The lowest BCUT2D eigenvalue weighted by Gasteiger charge is -2.36. The van der Waals surface area contributed by atoms with E-state index in [-0.39, 0.29) is 24.3 Å². The van der Waals surface area contributed by atoms with Gasteiger partial charge in [0.25, 0.3) is 0 Å². The number of carbonyl (C=O) groups excluding carboxylic acids is 4. The van der Waals surface area contributed by atoms with Crippen LogP contribution in [0.25, 0.3) is 0 Å². The van der Waals surface area contributed by atoms with E-state index in [4.69, 9.17) is 5.73 Å². The van der Waals surface area contributed by atoms with Gasteiger partial charge in [-0.15, -0.1) is 0 Å². The van der Waals surface area contributed by atoms with Gasteiger partial charge in [0.15, 0.2) is 0 Å². The molecule has 0 aliphatic carbocycles. The van der Waals surface area contributed by atoms with Crippen molar-refractivity contribution in [3.05, 3.63) is 35.9 Å². The van der Waals surface area contributed by atoms with Gasteiger partial charge in [0, 0.05) is 20.5 Å². The summed E-state index contributed by atoms with van der Waals surface area (Å²) in [5.74, 6) is -1.34. The van der Waals surface area contributed by atoms with Gasteiger partial charge in [-0.25, -0.2) is 0 Å². The molecule has 0 saturated carbocycles. The molecular formula is C21H32N4O4. The van der Waals surface area contributed by atoms with E-state index in [9.17, 15) is 19.2 Å². The minimum absolute atomic E-state index is 0.124. The van der Waals surface area contributed by atoms with Crippen LogP contribution >= 0.6 is 0 Å². The lowest BCUT2D eigenvalue weighted by molar-refractivity contribution is -0.148. The van der Waals surface area contributed by atoms with E-state index in [0.29, 0.717) is 12.7 Å². The van der Waals surface area contributed by atoms with Crippen molar-refractivity contribution in [1.29, 1.82) is 0 Å². The van der Waals surface area contributed by atoms with E-state index in [1.807, 2.05) is 44.2 Å². The van der Waals surface area contributed by atoms with Crippen LogP contribution in [0, 0.1) is 5.92 Å². The van der Waals surface area contributed by atoms with Gasteiger partial charge in [-0.3, -0.25) is 14.4 Å². The molecule has 0 radical (unpaired) electrons. The molecule has 8 heteroatoms. The Hall–Kier alpha value is -2.74. The van der Waals surface area contributed by atoms with Crippen molar-refractivity contribution in [2.24, 2.45) is 11.7 Å². The van der Waals surface area contributed by atoms with E-state index < -0.39 is 24.0 Å². The van der Waals surface area contributed by atoms with Gasteiger partial charge in [-0.05, 0) is 18.4 Å². The number of hydrogen-bond donors (Lipinski definition) is 2. The molecule has 0 bridgehead atoms. The third kappa shape index (κ3) is 6.67. The number of nitrogens with zero attached hydrogens (tertiary/aromatic N) is 2. The van der Waals surface area contributed by atoms with Crippen molar-refractivity contribution >= 4 is 24.0 Å². The molecule has 0 aromatic heterocycles. The van der Waals surface area contributed by atoms with Crippen LogP contribution in [-0.4, -0.2) is 72.6 Å². The molecule has 29 heavy (non-hydrogen) atoms. The zero-order chi connectivity index (χ0) is 22.1. The number of likely N-dealkylation sites (N-methyl/N-ethyl adjacent to an activating group) is 2. The highest BCUT2D eigenvalue weighted by Gasteiger charge is 2.36. The Morgan fingerprint density at radius 2 is 1.62 bits per heavy atom. The fourth-order valence-corrected chi connectivity index (χ4v) is 3.25. The normalized spacial score (nSPS) is 13.9. The number of rotatable bonds is 10. The second-order valence-electron chi connectivity index (χ2n) is 7.49. The summed E-state index contributed by atoms with van der Waals surface area (Å²) in [5, 5.41) is 2.51. The van der Waals surface area contributed by atoms with Crippen LogP contribution in [-0.2, 0) is 25.6 Å². The first-order chi connectivity index (χ1) is 13.6. The predicted octanol–water partition coefficient (Wildman–Crippen LogP) is 0.201. The molecule has 1 aromatic carbocycles. The van der Waals surface area contributed by atoms with E-state index in [0.717, 1.165) is 5.56 Å². The second kappa shape index (κ2) is 11.3. The average molecular weight is 405 g/mol. The van der Waals surface area contributed by atoms with Crippen molar-refractivity contribution in [2.75, 3.05) is 20.6 Å². The highest BCUT2D eigenvalue weighted by atomic mass is 16.2. The molecule has 160 valence electrons. The molecule has 3 atom stereocenters. The van der Waals surface area contributed by atoms with Crippen LogP contribution < -0.4 is 11.1 Å². The Morgan fingerprint density at radius 3 is 2.10 bits per heavy atom. The van der Waals surface area contributed by atoms with Crippen LogP contribution in [0.5, 0.6) is 0 Å². The predicted molar refractivity (Wildman–Crippen MR) is 111 cm³/mol. The van der Waals surface area contributed by atoms with E-state index in [1.165, 1.54) is 16.8 Å². The maximum atomic E-state index is 13.4. The fourth-order valence-electron chi connectivity index (χ4n) is 3.25. The molecule has 3 N–H and O–H groups in total. The molecule has 1 rings (SSSR count). The van der Waals surface area contributed by atoms with Gasteiger partial charge in [-0.1, -0.05) is 44.2 Å². The molecular weight excluding hydrogens is 372 g/mol. The van der Waals surface area contributed by atoms with Crippen LogP contribution in [0.15, 0.2) is 30.3 Å². The smallest absolute Gasteiger partial charge is 0.246 e. The highest BCUT2D eigenvalue weighted by Crippen LogP contribution is 2.16. The minimum Gasteiger partial charge on any atom is -0.348 e. The Labute approximate surface area is 172 Å². The van der Waals surface area contributed by atoms with Crippen LogP contribution in [0.4, 0.5) is 0 Å². The maximum Gasteiger partial charge on any atom is 0.246 e. The van der Waals surface area contributed by atoms with Crippen molar-refractivity contribution in [3.63, 3.8) is 0 Å². The van der Waals surface area contributed by atoms with Crippen molar-refractivity contribution in [2.45, 2.75) is 45.3 Å². The summed E-state index contributed by atoms with van der Waals surface area (Å²) in [6.07, 6.45) is 0.879. The molecule has 0 fully saturated rings. The van der Waals surface area contributed by atoms with Gasteiger partial charge in [0.05, 0.1) is 12.6 Å².